The van der Waals surface area contributed by atoms with Crippen LogP contribution in [0.1, 0.15) is 65.2 Å². The van der Waals surface area contributed by atoms with Crippen molar-refractivity contribution in [2.24, 2.45) is 11.8 Å². The molecule has 0 N–H and O–H groups in total. The molecule has 0 amide bonds. The number of hydrogen-bond donors (Lipinski definition) is 0. The minimum atomic E-state index is -1.97. The van der Waals surface area contributed by atoms with Gasteiger partial charge >= 0.3 is 0 Å². The fraction of sp³-hybridized carbons (Fsp3) is 0.900. The van der Waals surface area contributed by atoms with E-state index in [1.165, 1.54) is 32.1 Å². The SMILES string of the molecule is CCCCCCCCC(C)C(CC(=O)O[Si](C)(C)C)C(=O)O[Si](C)(C)C. The van der Waals surface area contributed by atoms with Crippen LogP contribution in [-0.2, 0) is 18.4 Å². The summed E-state index contributed by atoms with van der Waals surface area (Å²) < 4.78 is 11.3. The summed E-state index contributed by atoms with van der Waals surface area (Å²) in [5, 5.41) is 0. The standard InChI is InChI=1S/C20H42O4Si2/c1-9-10-11-12-13-14-15-17(2)18(20(22)24-26(6,7)8)16-19(21)23-25(3,4)5/h17-18H,9-16H2,1-8H3. The van der Waals surface area contributed by atoms with Crippen LogP contribution in [0.25, 0.3) is 0 Å². The van der Waals surface area contributed by atoms with Crippen molar-refractivity contribution in [3.8, 4) is 0 Å². The molecule has 0 aromatic carbocycles. The molecule has 0 aliphatic rings. The van der Waals surface area contributed by atoms with Crippen LogP contribution in [-0.4, -0.2) is 28.6 Å². The average molecular weight is 403 g/mol. The van der Waals surface area contributed by atoms with E-state index in [-0.39, 0.29) is 30.2 Å². The first kappa shape index (κ1) is 25.4. The van der Waals surface area contributed by atoms with Crippen LogP contribution in [0.4, 0.5) is 0 Å². The molecule has 26 heavy (non-hydrogen) atoms. The Hall–Kier alpha value is -0.626. The summed E-state index contributed by atoms with van der Waals surface area (Å²) in [4.78, 5) is 25.0. The summed E-state index contributed by atoms with van der Waals surface area (Å²) in [6, 6.07) is 0. The second-order valence-electron chi connectivity index (χ2n) is 9.46. The minimum absolute atomic E-state index is 0.138. The lowest BCUT2D eigenvalue weighted by molar-refractivity contribution is -0.148. The first-order valence-corrected chi connectivity index (χ1v) is 17.1. The predicted molar refractivity (Wildman–Crippen MR) is 114 cm³/mol. The van der Waals surface area contributed by atoms with Crippen LogP contribution in [0.5, 0.6) is 0 Å². The second-order valence-corrected chi connectivity index (χ2v) is 18.3. The predicted octanol–water partition coefficient (Wildman–Crippen LogP) is 6.14. The third-order valence-electron chi connectivity index (χ3n) is 4.22. The van der Waals surface area contributed by atoms with Gasteiger partial charge < -0.3 is 8.85 Å². The van der Waals surface area contributed by atoms with E-state index in [1.807, 2.05) is 39.3 Å². The molecular formula is C20H42O4Si2. The van der Waals surface area contributed by atoms with Gasteiger partial charge in [-0.3, -0.25) is 9.59 Å². The average Bonchev–Trinajstić information content (AvgIpc) is 2.44. The summed E-state index contributed by atoms with van der Waals surface area (Å²) in [5.74, 6) is -0.716. The Balaban J connectivity index is 4.75. The van der Waals surface area contributed by atoms with Crippen LogP contribution < -0.4 is 0 Å². The molecule has 2 atom stereocenters. The summed E-state index contributed by atoms with van der Waals surface area (Å²) >= 11 is 0. The summed E-state index contributed by atoms with van der Waals surface area (Å²) in [6.45, 7) is 16.3. The molecule has 0 aliphatic heterocycles. The minimum Gasteiger partial charge on any atom is -0.520 e. The number of unbranched alkanes of at least 4 members (excludes halogenated alkanes) is 5. The van der Waals surface area contributed by atoms with E-state index in [1.54, 1.807) is 0 Å². The van der Waals surface area contributed by atoms with Crippen molar-refractivity contribution in [2.75, 3.05) is 0 Å². The van der Waals surface area contributed by atoms with E-state index in [0.29, 0.717) is 0 Å². The molecule has 154 valence electrons. The fourth-order valence-electron chi connectivity index (χ4n) is 2.90. The van der Waals surface area contributed by atoms with Crippen LogP contribution in [0.15, 0.2) is 0 Å². The lowest BCUT2D eigenvalue weighted by Gasteiger charge is -2.27. The lowest BCUT2D eigenvalue weighted by Crippen LogP contribution is -2.37. The van der Waals surface area contributed by atoms with E-state index in [9.17, 15) is 9.59 Å². The molecule has 0 saturated heterocycles. The zero-order chi connectivity index (χ0) is 20.4. The highest BCUT2D eigenvalue weighted by Gasteiger charge is 2.33. The Labute approximate surface area is 163 Å². The van der Waals surface area contributed by atoms with E-state index >= 15 is 0 Å². The van der Waals surface area contributed by atoms with Crippen molar-refractivity contribution in [2.45, 2.75) is 104 Å². The van der Waals surface area contributed by atoms with Crippen molar-refractivity contribution < 1.29 is 18.4 Å². The van der Waals surface area contributed by atoms with Crippen LogP contribution in [0.2, 0.25) is 39.3 Å². The molecule has 4 nitrogen and oxygen atoms in total. The largest absolute Gasteiger partial charge is 0.520 e. The quantitative estimate of drug-likeness (QED) is 0.274. The van der Waals surface area contributed by atoms with Gasteiger partial charge in [0.25, 0.3) is 11.9 Å². The highest BCUT2D eigenvalue weighted by Crippen LogP contribution is 2.26. The first-order valence-electron chi connectivity index (χ1n) is 10.3. The van der Waals surface area contributed by atoms with Crippen LogP contribution in [0.3, 0.4) is 0 Å². The van der Waals surface area contributed by atoms with Gasteiger partial charge in [0.05, 0.1) is 12.3 Å². The first-order chi connectivity index (χ1) is 11.9. The summed E-state index contributed by atoms with van der Waals surface area (Å²) in [7, 11) is -3.91. The molecule has 0 aliphatic carbocycles. The third kappa shape index (κ3) is 13.6. The lowest BCUT2D eigenvalue weighted by atomic mass is 9.87. The maximum atomic E-state index is 12.7. The van der Waals surface area contributed by atoms with E-state index in [2.05, 4.69) is 13.8 Å². The van der Waals surface area contributed by atoms with Gasteiger partial charge in [0.1, 0.15) is 0 Å². The molecular weight excluding hydrogens is 360 g/mol. The Morgan fingerprint density at radius 2 is 1.31 bits per heavy atom. The Morgan fingerprint density at radius 1 is 0.808 bits per heavy atom. The molecule has 0 saturated carbocycles. The molecule has 0 rings (SSSR count). The van der Waals surface area contributed by atoms with E-state index in [4.69, 9.17) is 8.85 Å². The Morgan fingerprint density at radius 3 is 1.81 bits per heavy atom. The van der Waals surface area contributed by atoms with Crippen molar-refractivity contribution in [3.63, 3.8) is 0 Å². The van der Waals surface area contributed by atoms with Crippen molar-refractivity contribution in [1.29, 1.82) is 0 Å². The van der Waals surface area contributed by atoms with Crippen molar-refractivity contribution in [3.05, 3.63) is 0 Å². The van der Waals surface area contributed by atoms with Gasteiger partial charge in [-0.25, -0.2) is 0 Å². The third-order valence-corrected chi connectivity index (χ3v) is 5.87. The van der Waals surface area contributed by atoms with Crippen molar-refractivity contribution >= 4 is 28.6 Å². The number of carbonyl (C=O) groups is 2. The highest BCUT2D eigenvalue weighted by molar-refractivity contribution is 6.71. The fourth-order valence-corrected chi connectivity index (χ4v) is 4.43. The topological polar surface area (TPSA) is 52.6 Å². The van der Waals surface area contributed by atoms with Gasteiger partial charge in [-0.15, -0.1) is 0 Å². The van der Waals surface area contributed by atoms with Gasteiger partial charge in [-0.2, -0.15) is 0 Å². The summed E-state index contributed by atoms with van der Waals surface area (Å²) in [5.41, 5.74) is 0. The van der Waals surface area contributed by atoms with Crippen molar-refractivity contribution in [1.82, 2.24) is 0 Å². The highest BCUT2D eigenvalue weighted by atomic mass is 28.4. The normalized spacial score (nSPS) is 14.6. The van der Waals surface area contributed by atoms with Gasteiger partial charge in [-0.1, -0.05) is 52.4 Å². The monoisotopic (exact) mass is 402 g/mol. The molecule has 0 bridgehead atoms. The van der Waals surface area contributed by atoms with Gasteiger partial charge in [0, 0.05) is 0 Å². The number of rotatable bonds is 13. The molecule has 0 heterocycles. The van der Waals surface area contributed by atoms with Gasteiger partial charge in [0.15, 0.2) is 0 Å². The maximum absolute atomic E-state index is 12.7. The number of hydrogen-bond acceptors (Lipinski definition) is 4. The van der Waals surface area contributed by atoms with Crippen LogP contribution >= 0.6 is 0 Å². The maximum Gasteiger partial charge on any atom is 0.296 e. The molecule has 0 radical (unpaired) electrons. The Kier molecular flexibility index (Phi) is 11.7. The van der Waals surface area contributed by atoms with Gasteiger partial charge in [-0.05, 0) is 51.6 Å². The van der Waals surface area contributed by atoms with Gasteiger partial charge in [0.2, 0.25) is 16.6 Å². The molecule has 6 heteroatoms. The molecule has 2 unspecified atom stereocenters. The van der Waals surface area contributed by atoms with E-state index in [0.717, 1.165) is 12.8 Å². The molecule has 0 aromatic heterocycles. The smallest absolute Gasteiger partial charge is 0.296 e. The molecule has 0 aromatic rings. The van der Waals surface area contributed by atoms with E-state index < -0.39 is 16.6 Å². The summed E-state index contributed by atoms with van der Waals surface area (Å²) in [6.07, 6.45) is 8.48. The molecule has 0 fully saturated rings. The zero-order valence-corrected chi connectivity index (χ0v) is 20.4. The second kappa shape index (κ2) is 12.0. The Bertz CT molecular complexity index is 425. The molecule has 0 spiro atoms. The number of carbonyl (C=O) groups excluding carboxylic acids is 2. The van der Waals surface area contributed by atoms with Crippen LogP contribution in [0, 0.1) is 11.8 Å². The zero-order valence-electron chi connectivity index (χ0n) is 18.4.